The molecule has 0 atom stereocenters. The number of halogens is 4. The standard InChI is InChI=1S/C9H7BrClF2NO2/c1-16-9(15)7-4(2-11)6(8(12)13)5(10)3-14-7/h3,8H,2H2,1H3. The molecule has 0 bridgehead atoms. The van der Waals surface area contributed by atoms with Crippen molar-refractivity contribution in [2.75, 3.05) is 7.11 Å². The van der Waals surface area contributed by atoms with Crippen molar-refractivity contribution in [3.63, 3.8) is 0 Å². The Morgan fingerprint density at radius 2 is 2.31 bits per heavy atom. The summed E-state index contributed by atoms with van der Waals surface area (Å²) in [6.45, 7) is 0. The molecule has 88 valence electrons. The highest BCUT2D eigenvalue weighted by atomic mass is 79.9. The zero-order chi connectivity index (χ0) is 12.3. The van der Waals surface area contributed by atoms with Crippen LogP contribution in [0, 0.1) is 0 Å². The van der Waals surface area contributed by atoms with Crippen molar-refractivity contribution in [3.8, 4) is 0 Å². The number of hydrogen-bond acceptors (Lipinski definition) is 3. The maximum absolute atomic E-state index is 12.8. The van der Waals surface area contributed by atoms with E-state index >= 15 is 0 Å². The first-order valence-corrected chi connectivity index (χ1v) is 5.45. The van der Waals surface area contributed by atoms with Gasteiger partial charge in [0.15, 0.2) is 5.69 Å². The van der Waals surface area contributed by atoms with Crippen LogP contribution in [0.5, 0.6) is 0 Å². The Hall–Kier alpha value is -0.750. The van der Waals surface area contributed by atoms with E-state index in [1.165, 1.54) is 0 Å². The minimum Gasteiger partial charge on any atom is -0.464 e. The Balaban J connectivity index is 3.42. The number of ether oxygens (including phenoxy) is 1. The van der Waals surface area contributed by atoms with Gasteiger partial charge in [-0.3, -0.25) is 0 Å². The highest BCUT2D eigenvalue weighted by Gasteiger charge is 2.24. The summed E-state index contributed by atoms with van der Waals surface area (Å²) >= 11 is 8.49. The highest BCUT2D eigenvalue weighted by Crippen LogP contribution is 2.32. The summed E-state index contributed by atoms with van der Waals surface area (Å²) in [4.78, 5) is 15.0. The predicted octanol–water partition coefficient (Wildman–Crippen LogP) is 3.31. The molecule has 0 spiro atoms. The van der Waals surface area contributed by atoms with Gasteiger partial charge in [0.25, 0.3) is 6.43 Å². The molecule has 0 fully saturated rings. The Bertz CT molecular complexity index is 415. The van der Waals surface area contributed by atoms with E-state index in [4.69, 9.17) is 11.6 Å². The summed E-state index contributed by atoms with van der Waals surface area (Å²) < 4.78 is 30.1. The van der Waals surface area contributed by atoms with Crippen LogP contribution in [0.15, 0.2) is 10.7 Å². The zero-order valence-corrected chi connectivity index (χ0v) is 10.5. The van der Waals surface area contributed by atoms with Crippen LogP contribution in [0.25, 0.3) is 0 Å². The number of pyridine rings is 1. The largest absolute Gasteiger partial charge is 0.464 e. The number of nitrogens with zero attached hydrogens (tertiary/aromatic N) is 1. The van der Waals surface area contributed by atoms with Crippen LogP contribution in [0.1, 0.15) is 28.0 Å². The van der Waals surface area contributed by atoms with Gasteiger partial charge < -0.3 is 4.74 Å². The Morgan fingerprint density at radius 3 is 2.75 bits per heavy atom. The van der Waals surface area contributed by atoms with Crippen LogP contribution in [0.4, 0.5) is 8.78 Å². The first-order chi connectivity index (χ1) is 7.52. The SMILES string of the molecule is COC(=O)c1ncc(Br)c(C(F)F)c1CCl. The van der Waals surface area contributed by atoms with E-state index in [-0.39, 0.29) is 27.2 Å². The lowest BCUT2D eigenvalue weighted by Gasteiger charge is -2.11. The third-order valence-electron chi connectivity index (χ3n) is 1.91. The molecule has 1 rings (SSSR count). The molecular weight excluding hydrogens is 307 g/mol. The highest BCUT2D eigenvalue weighted by molar-refractivity contribution is 9.10. The Morgan fingerprint density at radius 1 is 1.69 bits per heavy atom. The number of carbonyl (C=O) groups is 1. The molecule has 0 aliphatic carbocycles. The van der Waals surface area contributed by atoms with Gasteiger partial charge in [0.05, 0.1) is 13.0 Å². The summed E-state index contributed by atoms with van der Waals surface area (Å²) in [5.41, 5.74) is -0.528. The molecule has 1 heterocycles. The van der Waals surface area contributed by atoms with Gasteiger partial charge in [-0.15, -0.1) is 11.6 Å². The number of methoxy groups -OCH3 is 1. The van der Waals surface area contributed by atoms with E-state index in [1.54, 1.807) is 0 Å². The molecule has 0 aliphatic heterocycles. The van der Waals surface area contributed by atoms with E-state index in [0.29, 0.717) is 0 Å². The summed E-state index contributed by atoms with van der Waals surface area (Å²) in [5, 5.41) is 0. The topological polar surface area (TPSA) is 39.2 Å². The van der Waals surface area contributed by atoms with Crippen LogP contribution >= 0.6 is 27.5 Å². The van der Waals surface area contributed by atoms with Gasteiger partial charge in [0.1, 0.15) is 0 Å². The first-order valence-electron chi connectivity index (χ1n) is 4.12. The van der Waals surface area contributed by atoms with Crippen molar-refractivity contribution < 1.29 is 18.3 Å². The van der Waals surface area contributed by atoms with Gasteiger partial charge in [-0.05, 0) is 15.9 Å². The molecule has 0 unspecified atom stereocenters. The van der Waals surface area contributed by atoms with Crippen molar-refractivity contribution >= 4 is 33.5 Å². The summed E-state index contributed by atoms with van der Waals surface area (Å²) in [6, 6.07) is 0. The number of esters is 1. The lowest BCUT2D eigenvalue weighted by molar-refractivity contribution is 0.0592. The number of hydrogen-bond donors (Lipinski definition) is 0. The molecule has 3 nitrogen and oxygen atoms in total. The second-order valence-electron chi connectivity index (χ2n) is 2.77. The van der Waals surface area contributed by atoms with Crippen molar-refractivity contribution in [1.29, 1.82) is 0 Å². The Kier molecular flexibility index (Phi) is 4.61. The number of rotatable bonds is 3. The fourth-order valence-electron chi connectivity index (χ4n) is 1.18. The van der Waals surface area contributed by atoms with E-state index in [1.807, 2.05) is 0 Å². The molecular formula is C9H7BrClF2NO2. The van der Waals surface area contributed by atoms with Crippen LogP contribution in [-0.2, 0) is 10.6 Å². The normalized spacial score (nSPS) is 10.6. The molecule has 16 heavy (non-hydrogen) atoms. The van der Waals surface area contributed by atoms with Gasteiger partial charge in [-0.2, -0.15) is 0 Å². The minimum atomic E-state index is -2.74. The quantitative estimate of drug-likeness (QED) is 0.635. The lowest BCUT2D eigenvalue weighted by atomic mass is 10.1. The first kappa shape index (κ1) is 13.3. The number of carbonyl (C=O) groups excluding carboxylic acids is 1. The van der Waals surface area contributed by atoms with Crippen molar-refractivity contribution in [2.24, 2.45) is 0 Å². The van der Waals surface area contributed by atoms with Crippen molar-refractivity contribution in [2.45, 2.75) is 12.3 Å². The van der Waals surface area contributed by atoms with Gasteiger partial charge in [-0.1, -0.05) is 0 Å². The van der Waals surface area contributed by atoms with Crippen LogP contribution < -0.4 is 0 Å². The predicted molar refractivity (Wildman–Crippen MR) is 57.8 cm³/mol. The number of aromatic nitrogens is 1. The van der Waals surface area contributed by atoms with Gasteiger partial charge >= 0.3 is 5.97 Å². The van der Waals surface area contributed by atoms with Crippen LogP contribution in [-0.4, -0.2) is 18.1 Å². The van der Waals surface area contributed by atoms with Gasteiger partial charge in [0, 0.05) is 21.8 Å². The molecule has 0 aromatic carbocycles. The van der Waals surface area contributed by atoms with E-state index in [2.05, 4.69) is 25.7 Å². The van der Waals surface area contributed by atoms with Crippen molar-refractivity contribution in [3.05, 3.63) is 27.5 Å². The smallest absolute Gasteiger partial charge is 0.356 e. The van der Waals surface area contributed by atoms with E-state index in [0.717, 1.165) is 13.3 Å². The Labute approximate surface area is 104 Å². The van der Waals surface area contributed by atoms with E-state index < -0.39 is 12.4 Å². The third kappa shape index (κ3) is 2.49. The molecule has 7 heteroatoms. The van der Waals surface area contributed by atoms with Crippen LogP contribution in [0.2, 0.25) is 0 Å². The van der Waals surface area contributed by atoms with E-state index in [9.17, 15) is 13.6 Å². The minimum absolute atomic E-state index is 0.0158. The molecule has 0 radical (unpaired) electrons. The second-order valence-corrected chi connectivity index (χ2v) is 3.89. The third-order valence-corrected chi connectivity index (χ3v) is 2.81. The molecule has 0 aliphatic rings. The molecule has 1 aromatic heterocycles. The van der Waals surface area contributed by atoms with Gasteiger partial charge in [-0.25, -0.2) is 18.6 Å². The average molecular weight is 315 g/mol. The lowest BCUT2D eigenvalue weighted by Crippen LogP contribution is -2.11. The molecule has 0 saturated heterocycles. The second kappa shape index (κ2) is 5.54. The zero-order valence-electron chi connectivity index (χ0n) is 8.14. The fourth-order valence-corrected chi connectivity index (χ4v) is 1.97. The fraction of sp³-hybridized carbons (Fsp3) is 0.333. The molecule has 0 N–H and O–H groups in total. The van der Waals surface area contributed by atoms with Crippen LogP contribution in [0.3, 0.4) is 0 Å². The maximum atomic E-state index is 12.8. The van der Waals surface area contributed by atoms with Crippen molar-refractivity contribution in [1.82, 2.24) is 4.98 Å². The monoisotopic (exact) mass is 313 g/mol. The maximum Gasteiger partial charge on any atom is 0.356 e. The average Bonchev–Trinajstić information content (AvgIpc) is 2.26. The summed E-state index contributed by atoms with van der Waals surface area (Å²) in [7, 11) is 1.14. The number of alkyl halides is 3. The summed E-state index contributed by atoms with van der Waals surface area (Å²) in [6.07, 6.45) is -1.61. The summed E-state index contributed by atoms with van der Waals surface area (Å²) in [5.74, 6) is -1.03. The van der Waals surface area contributed by atoms with Gasteiger partial charge in [0.2, 0.25) is 0 Å². The molecule has 0 saturated carbocycles. The molecule has 1 aromatic rings. The molecule has 0 amide bonds.